The van der Waals surface area contributed by atoms with Crippen LogP contribution in [-0.2, 0) is 10.0 Å². The van der Waals surface area contributed by atoms with Gasteiger partial charge in [0.05, 0.1) is 12.8 Å². The standard InChI is InChI=1S/C14H27F2N3O2S/c1-22(20,21)19-8-4-13(5-9-19)18(11-14(15)16)10-12-2-6-17-7-3-12/h12-14,17H,2-11H2,1H3. The monoisotopic (exact) mass is 339 g/mol. The third-order valence-electron chi connectivity index (χ3n) is 4.73. The summed E-state index contributed by atoms with van der Waals surface area (Å²) in [5.41, 5.74) is 0. The van der Waals surface area contributed by atoms with Crippen molar-refractivity contribution in [2.24, 2.45) is 5.92 Å². The Morgan fingerprint density at radius 2 is 1.77 bits per heavy atom. The molecule has 0 aromatic carbocycles. The Labute approximate surface area is 132 Å². The summed E-state index contributed by atoms with van der Waals surface area (Å²) in [6.45, 7) is 3.30. The van der Waals surface area contributed by atoms with Crippen molar-refractivity contribution in [1.82, 2.24) is 14.5 Å². The van der Waals surface area contributed by atoms with E-state index in [1.54, 1.807) is 0 Å². The van der Waals surface area contributed by atoms with Crippen LogP contribution in [0.4, 0.5) is 8.78 Å². The van der Waals surface area contributed by atoms with E-state index in [-0.39, 0.29) is 12.6 Å². The minimum absolute atomic E-state index is 0.0712. The van der Waals surface area contributed by atoms with E-state index in [4.69, 9.17) is 0 Å². The molecule has 5 nitrogen and oxygen atoms in total. The van der Waals surface area contributed by atoms with Crippen molar-refractivity contribution < 1.29 is 17.2 Å². The van der Waals surface area contributed by atoms with Crippen LogP contribution < -0.4 is 5.32 Å². The predicted octanol–water partition coefficient (Wildman–Crippen LogP) is 0.977. The lowest BCUT2D eigenvalue weighted by Gasteiger charge is -2.39. The minimum Gasteiger partial charge on any atom is -0.317 e. The third-order valence-corrected chi connectivity index (χ3v) is 6.04. The lowest BCUT2D eigenvalue weighted by molar-refractivity contribution is 0.0377. The first kappa shape index (κ1) is 18.0. The molecule has 0 aromatic rings. The number of halogens is 2. The first-order chi connectivity index (χ1) is 10.4. The van der Waals surface area contributed by atoms with Crippen LogP contribution >= 0.6 is 0 Å². The molecule has 22 heavy (non-hydrogen) atoms. The predicted molar refractivity (Wildman–Crippen MR) is 82.6 cm³/mol. The van der Waals surface area contributed by atoms with Gasteiger partial charge in [-0.25, -0.2) is 21.5 Å². The average molecular weight is 339 g/mol. The number of nitrogens with zero attached hydrogens (tertiary/aromatic N) is 2. The molecule has 2 saturated heterocycles. The third kappa shape index (κ3) is 5.40. The van der Waals surface area contributed by atoms with Crippen LogP contribution in [0, 0.1) is 5.92 Å². The van der Waals surface area contributed by atoms with E-state index in [0.29, 0.717) is 38.4 Å². The molecule has 2 aliphatic heterocycles. The summed E-state index contributed by atoms with van der Waals surface area (Å²) in [7, 11) is -3.17. The highest BCUT2D eigenvalue weighted by Gasteiger charge is 2.31. The molecular weight excluding hydrogens is 312 g/mol. The Morgan fingerprint density at radius 1 is 1.18 bits per heavy atom. The summed E-state index contributed by atoms with van der Waals surface area (Å²) >= 11 is 0. The fourth-order valence-electron chi connectivity index (χ4n) is 3.48. The van der Waals surface area contributed by atoms with Gasteiger partial charge in [0.25, 0.3) is 6.43 Å². The molecule has 0 unspecified atom stereocenters. The van der Waals surface area contributed by atoms with Crippen LogP contribution in [0.5, 0.6) is 0 Å². The molecule has 0 amide bonds. The van der Waals surface area contributed by atoms with E-state index in [2.05, 4.69) is 5.32 Å². The van der Waals surface area contributed by atoms with Gasteiger partial charge in [-0.3, -0.25) is 4.90 Å². The molecule has 130 valence electrons. The molecule has 2 aliphatic rings. The number of hydrogen-bond donors (Lipinski definition) is 1. The van der Waals surface area contributed by atoms with Crippen molar-refractivity contribution in [2.45, 2.75) is 38.2 Å². The molecule has 0 bridgehead atoms. The molecular formula is C14H27F2N3O2S. The van der Waals surface area contributed by atoms with Crippen LogP contribution in [0.15, 0.2) is 0 Å². The molecule has 0 aromatic heterocycles. The quantitative estimate of drug-likeness (QED) is 0.784. The zero-order chi connectivity index (χ0) is 16.2. The van der Waals surface area contributed by atoms with Gasteiger partial charge in [-0.1, -0.05) is 0 Å². The fraction of sp³-hybridized carbons (Fsp3) is 1.00. The maximum absolute atomic E-state index is 12.9. The first-order valence-electron chi connectivity index (χ1n) is 8.04. The van der Waals surface area contributed by atoms with Gasteiger partial charge in [-0.05, 0) is 44.7 Å². The van der Waals surface area contributed by atoms with E-state index in [9.17, 15) is 17.2 Å². The topological polar surface area (TPSA) is 52.7 Å². The van der Waals surface area contributed by atoms with Crippen molar-refractivity contribution in [3.05, 3.63) is 0 Å². The minimum atomic E-state index is -3.17. The van der Waals surface area contributed by atoms with Gasteiger partial charge >= 0.3 is 0 Å². The second-order valence-corrected chi connectivity index (χ2v) is 8.41. The summed E-state index contributed by atoms with van der Waals surface area (Å²) in [6, 6.07) is 0.0712. The highest BCUT2D eigenvalue weighted by molar-refractivity contribution is 7.88. The average Bonchev–Trinajstić information content (AvgIpc) is 2.46. The molecule has 0 atom stereocenters. The molecule has 0 radical (unpaired) electrons. The number of piperidine rings is 2. The summed E-state index contributed by atoms with van der Waals surface area (Å²) in [5.74, 6) is 0.466. The first-order valence-corrected chi connectivity index (χ1v) is 9.89. The fourth-order valence-corrected chi connectivity index (χ4v) is 4.36. The van der Waals surface area contributed by atoms with Crippen molar-refractivity contribution >= 4 is 10.0 Å². The number of hydrogen-bond acceptors (Lipinski definition) is 4. The molecule has 0 spiro atoms. The number of nitrogens with one attached hydrogen (secondary N) is 1. The largest absolute Gasteiger partial charge is 0.317 e. The van der Waals surface area contributed by atoms with Gasteiger partial charge in [0.1, 0.15) is 0 Å². The van der Waals surface area contributed by atoms with E-state index < -0.39 is 16.4 Å². The van der Waals surface area contributed by atoms with Gasteiger partial charge < -0.3 is 5.32 Å². The molecule has 8 heteroatoms. The molecule has 2 heterocycles. The number of rotatable bonds is 6. The molecule has 2 fully saturated rings. The van der Waals surface area contributed by atoms with Crippen molar-refractivity contribution in [2.75, 3.05) is 45.5 Å². The second-order valence-electron chi connectivity index (χ2n) is 6.43. The Balaban J connectivity index is 1.91. The smallest absolute Gasteiger partial charge is 0.251 e. The Kier molecular flexibility index (Phi) is 6.55. The lowest BCUT2D eigenvalue weighted by atomic mass is 9.95. The number of sulfonamides is 1. The Hall–Kier alpha value is -0.310. The number of alkyl halides is 2. The Morgan fingerprint density at radius 3 is 2.27 bits per heavy atom. The maximum Gasteiger partial charge on any atom is 0.251 e. The van der Waals surface area contributed by atoms with Crippen molar-refractivity contribution in [3.63, 3.8) is 0 Å². The summed E-state index contributed by atoms with van der Waals surface area (Å²) in [5, 5.41) is 3.29. The highest BCUT2D eigenvalue weighted by Crippen LogP contribution is 2.23. The van der Waals surface area contributed by atoms with Gasteiger partial charge in [0.15, 0.2) is 0 Å². The van der Waals surface area contributed by atoms with E-state index in [1.165, 1.54) is 10.6 Å². The van der Waals surface area contributed by atoms with Crippen LogP contribution in [0.2, 0.25) is 0 Å². The zero-order valence-electron chi connectivity index (χ0n) is 13.2. The van der Waals surface area contributed by atoms with E-state index in [1.807, 2.05) is 4.90 Å². The molecule has 0 aliphatic carbocycles. The summed E-state index contributed by atoms with van der Waals surface area (Å²) in [4.78, 5) is 1.90. The van der Waals surface area contributed by atoms with Gasteiger partial charge in [0, 0.05) is 25.7 Å². The summed E-state index contributed by atoms with van der Waals surface area (Å²) in [6.07, 6.45) is 2.22. The highest BCUT2D eigenvalue weighted by atomic mass is 32.2. The lowest BCUT2D eigenvalue weighted by Crippen LogP contribution is -2.49. The van der Waals surface area contributed by atoms with Gasteiger partial charge in [-0.15, -0.1) is 0 Å². The van der Waals surface area contributed by atoms with Crippen LogP contribution in [0.3, 0.4) is 0 Å². The maximum atomic E-state index is 12.9. The van der Waals surface area contributed by atoms with Gasteiger partial charge in [-0.2, -0.15) is 0 Å². The van der Waals surface area contributed by atoms with Crippen LogP contribution in [0.25, 0.3) is 0 Å². The molecule has 0 saturated carbocycles. The normalized spacial score (nSPS) is 23.5. The van der Waals surface area contributed by atoms with E-state index in [0.717, 1.165) is 25.9 Å². The molecule has 1 N–H and O–H groups in total. The molecule has 2 rings (SSSR count). The second kappa shape index (κ2) is 7.99. The van der Waals surface area contributed by atoms with Crippen LogP contribution in [0.1, 0.15) is 25.7 Å². The van der Waals surface area contributed by atoms with Crippen LogP contribution in [-0.4, -0.2) is 75.6 Å². The van der Waals surface area contributed by atoms with Crippen molar-refractivity contribution in [3.8, 4) is 0 Å². The summed E-state index contributed by atoms with van der Waals surface area (Å²) < 4.78 is 50.3. The van der Waals surface area contributed by atoms with E-state index >= 15 is 0 Å². The Bertz CT molecular complexity index is 433. The van der Waals surface area contributed by atoms with Crippen molar-refractivity contribution in [1.29, 1.82) is 0 Å². The van der Waals surface area contributed by atoms with Gasteiger partial charge in [0.2, 0.25) is 10.0 Å². The SMILES string of the molecule is CS(=O)(=O)N1CCC(N(CC(F)F)CC2CCNCC2)CC1. The zero-order valence-corrected chi connectivity index (χ0v) is 14.0.